The van der Waals surface area contributed by atoms with Crippen LogP contribution in [0.5, 0.6) is 0 Å². The van der Waals surface area contributed by atoms with Gasteiger partial charge in [0.05, 0.1) is 6.42 Å². The molecule has 1 aromatic carbocycles. The molecule has 1 fully saturated rings. The van der Waals surface area contributed by atoms with Gasteiger partial charge in [0.15, 0.2) is 0 Å². The Morgan fingerprint density at radius 2 is 1.95 bits per heavy atom. The number of halogens is 1. The van der Waals surface area contributed by atoms with Crippen molar-refractivity contribution in [1.29, 1.82) is 0 Å². The minimum atomic E-state index is -0.875. The molecule has 0 unspecified atom stereocenters. The fourth-order valence-electron chi connectivity index (χ4n) is 1.91. The van der Waals surface area contributed by atoms with E-state index in [1.54, 1.807) is 11.0 Å². The first-order valence-electron chi connectivity index (χ1n) is 6.52. The van der Waals surface area contributed by atoms with Gasteiger partial charge in [0.2, 0.25) is 5.91 Å². The van der Waals surface area contributed by atoms with Gasteiger partial charge in [-0.05, 0) is 36.6 Å². The van der Waals surface area contributed by atoms with Crippen LogP contribution in [0.3, 0.4) is 0 Å². The molecule has 106 valence electrons. The van der Waals surface area contributed by atoms with Crippen LogP contribution >= 0.6 is 15.9 Å². The summed E-state index contributed by atoms with van der Waals surface area (Å²) in [5.74, 6) is -0.989. The van der Waals surface area contributed by atoms with E-state index in [4.69, 9.17) is 5.11 Å². The summed E-state index contributed by atoms with van der Waals surface area (Å²) < 4.78 is 0.988. The molecule has 0 heterocycles. The van der Waals surface area contributed by atoms with Gasteiger partial charge in [0.1, 0.15) is 0 Å². The Morgan fingerprint density at radius 1 is 1.30 bits per heavy atom. The smallest absolute Gasteiger partial charge is 0.305 e. The van der Waals surface area contributed by atoms with Gasteiger partial charge in [-0.3, -0.25) is 9.59 Å². The van der Waals surface area contributed by atoms with Crippen molar-refractivity contribution in [3.63, 3.8) is 0 Å². The van der Waals surface area contributed by atoms with Crippen molar-refractivity contribution in [3.05, 3.63) is 40.4 Å². The molecule has 1 aliphatic rings. The molecule has 2 rings (SSSR count). The van der Waals surface area contributed by atoms with E-state index in [-0.39, 0.29) is 24.9 Å². The molecule has 0 spiro atoms. The molecule has 0 aliphatic heterocycles. The van der Waals surface area contributed by atoms with Crippen molar-refractivity contribution in [2.24, 2.45) is 0 Å². The highest BCUT2D eigenvalue weighted by Crippen LogP contribution is 2.27. The molecule has 0 atom stereocenters. The number of aliphatic carboxylic acids is 1. The second-order valence-corrected chi connectivity index (χ2v) is 5.71. The van der Waals surface area contributed by atoms with Gasteiger partial charge in [-0.15, -0.1) is 0 Å². The molecular weight excluding hydrogens is 322 g/mol. The van der Waals surface area contributed by atoms with Crippen LogP contribution in [0.4, 0.5) is 0 Å². The summed E-state index contributed by atoms with van der Waals surface area (Å²) >= 11 is 3.36. The van der Waals surface area contributed by atoms with Crippen LogP contribution in [-0.2, 0) is 9.59 Å². The van der Waals surface area contributed by atoms with E-state index >= 15 is 0 Å². The molecular formula is C15H16BrNO3. The van der Waals surface area contributed by atoms with E-state index in [2.05, 4.69) is 15.9 Å². The zero-order valence-corrected chi connectivity index (χ0v) is 12.5. The standard InChI is InChI=1S/C15H16BrNO3/c16-12-4-1-11(2-5-12)3-8-14(18)17(13-6-7-13)10-9-15(19)20/h1-5,8,13H,6-7,9-10H2,(H,19,20)/b8-3+. The lowest BCUT2D eigenvalue weighted by Crippen LogP contribution is -2.33. The summed E-state index contributed by atoms with van der Waals surface area (Å²) in [5.41, 5.74) is 0.940. The van der Waals surface area contributed by atoms with Crippen LogP contribution in [0.15, 0.2) is 34.8 Å². The van der Waals surface area contributed by atoms with Crippen molar-refractivity contribution in [3.8, 4) is 0 Å². The highest BCUT2D eigenvalue weighted by Gasteiger charge is 2.31. The van der Waals surface area contributed by atoms with Gasteiger partial charge in [-0.2, -0.15) is 0 Å². The van der Waals surface area contributed by atoms with Crippen molar-refractivity contribution in [1.82, 2.24) is 4.90 Å². The van der Waals surface area contributed by atoms with Crippen molar-refractivity contribution in [2.45, 2.75) is 25.3 Å². The third-order valence-electron chi connectivity index (χ3n) is 3.13. The molecule has 1 aromatic rings. The summed E-state index contributed by atoms with van der Waals surface area (Å²) in [7, 11) is 0. The molecule has 0 bridgehead atoms. The lowest BCUT2D eigenvalue weighted by atomic mass is 10.2. The van der Waals surface area contributed by atoms with Gasteiger partial charge >= 0.3 is 5.97 Å². The highest BCUT2D eigenvalue weighted by molar-refractivity contribution is 9.10. The molecule has 1 N–H and O–H groups in total. The first kappa shape index (κ1) is 14.8. The monoisotopic (exact) mass is 337 g/mol. The number of carboxylic acids is 1. The molecule has 5 heteroatoms. The van der Waals surface area contributed by atoms with Gasteiger partial charge in [-0.25, -0.2) is 0 Å². The third-order valence-corrected chi connectivity index (χ3v) is 3.65. The number of rotatable bonds is 6. The average molecular weight is 338 g/mol. The third kappa shape index (κ3) is 4.49. The molecule has 1 saturated carbocycles. The Labute approximate surface area is 126 Å². The van der Waals surface area contributed by atoms with Crippen LogP contribution in [0.1, 0.15) is 24.8 Å². The fraction of sp³-hybridized carbons (Fsp3) is 0.333. The Kier molecular flexibility index (Phi) is 4.95. The molecule has 0 saturated heterocycles. The van der Waals surface area contributed by atoms with Gasteiger partial charge < -0.3 is 10.0 Å². The number of amides is 1. The Morgan fingerprint density at radius 3 is 2.50 bits per heavy atom. The van der Waals surface area contributed by atoms with E-state index in [9.17, 15) is 9.59 Å². The van der Waals surface area contributed by atoms with Crippen LogP contribution in [0, 0.1) is 0 Å². The summed E-state index contributed by atoms with van der Waals surface area (Å²) in [5, 5.41) is 8.72. The number of nitrogens with zero attached hydrogens (tertiary/aromatic N) is 1. The van der Waals surface area contributed by atoms with Crippen LogP contribution in [-0.4, -0.2) is 34.5 Å². The number of hydrogen-bond donors (Lipinski definition) is 1. The maximum atomic E-state index is 12.1. The number of hydrogen-bond acceptors (Lipinski definition) is 2. The number of carboxylic acid groups (broad SMARTS) is 1. The van der Waals surface area contributed by atoms with E-state index < -0.39 is 5.97 Å². The van der Waals surface area contributed by atoms with Crippen molar-refractivity contribution in [2.75, 3.05) is 6.54 Å². The summed E-state index contributed by atoms with van der Waals surface area (Å²) in [6.45, 7) is 0.281. The maximum Gasteiger partial charge on any atom is 0.305 e. The lowest BCUT2D eigenvalue weighted by Gasteiger charge is -2.19. The first-order chi connectivity index (χ1) is 9.56. The van der Waals surface area contributed by atoms with E-state index in [0.29, 0.717) is 0 Å². The molecule has 0 radical (unpaired) electrons. The Balaban J connectivity index is 1.97. The molecule has 20 heavy (non-hydrogen) atoms. The topological polar surface area (TPSA) is 57.6 Å². The predicted octanol–water partition coefficient (Wildman–Crippen LogP) is 2.93. The van der Waals surface area contributed by atoms with Crippen molar-refractivity contribution < 1.29 is 14.7 Å². The van der Waals surface area contributed by atoms with Crippen molar-refractivity contribution >= 4 is 33.9 Å². The minimum Gasteiger partial charge on any atom is -0.481 e. The molecule has 1 amide bonds. The second-order valence-electron chi connectivity index (χ2n) is 4.79. The van der Waals surface area contributed by atoms with Gasteiger partial charge in [0, 0.05) is 23.1 Å². The first-order valence-corrected chi connectivity index (χ1v) is 7.31. The van der Waals surface area contributed by atoms with E-state index in [0.717, 1.165) is 22.9 Å². The lowest BCUT2D eigenvalue weighted by molar-refractivity contribution is -0.138. The average Bonchev–Trinajstić information content (AvgIpc) is 3.22. The SMILES string of the molecule is O=C(O)CCN(C(=O)/C=C/c1ccc(Br)cc1)C1CC1. The quantitative estimate of drug-likeness (QED) is 0.812. The summed E-state index contributed by atoms with van der Waals surface area (Å²) in [6.07, 6.45) is 5.21. The van der Waals surface area contributed by atoms with Crippen LogP contribution in [0.2, 0.25) is 0 Å². The maximum absolute atomic E-state index is 12.1. The molecule has 1 aliphatic carbocycles. The Bertz CT molecular complexity index is 520. The zero-order chi connectivity index (χ0) is 14.5. The summed E-state index contributed by atoms with van der Waals surface area (Å²) in [6, 6.07) is 7.86. The normalized spacial score (nSPS) is 14.4. The van der Waals surface area contributed by atoms with E-state index in [1.165, 1.54) is 6.08 Å². The predicted molar refractivity (Wildman–Crippen MR) is 80.2 cm³/mol. The van der Waals surface area contributed by atoms with E-state index in [1.807, 2.05) is 24.3 Å². The zero-order valence-electron chi connectivity index (χ0n) is 11.0. The number of benzene rings is 1. The second kappa shape index (κ2) is 6.70. The van der Waals surface area contributed by atoms with Gasteiger partial charge in [0.25, 0.3) is 0 Å². The Hall–Kier alpha value is -1.62. The van der Waals surface area contributed by atoms with Crippen LogP contribution in [0.25, 0.3) is 6.08 Å². The number of carbonyl (C=O) groups excluding carboxylic acids is 1. The van der Waals surface area contributed by atoms with Crippen LogP contribution < -0.4 is 0 Å². The molecule has 4 nitrogen and oxygen atoms in total. The molecule has 0 aromatic heterocycles. The largest absolute Gasteiger partial charge is 0.481 e. The van der Waals surface area contributed by atoms with Gasteiger partial charge in [-0.1, -0.05) is 28.1 Å². The highest BCUT2D eigenvalue weighted by atomic mass is 79.9. The minimum absolute atomic E-state index is 0.00559. The number of carbonyl (C=O) groups is 2. The fourth-order valence-corrected chi connectivity index (χ4v) is 2.18. The summed E-state index contributed by atoms with van der Waals surface area (Å²) in [4.78, 5) is 24.4.